The van der Waals surface area contributed by atoms with Crippen molar-refractivity contribution in [3.05, 3.63) is 0 Å². The molecule has 0 aromatic rings. The smallest absolute Gasteiger partial charge is 0.223 e. The quantitative estimate of drug-likeness (QED) is 0.814. The van der Waals surface area contributed by atoms with Crippen molar-refractivity contribution in [3.8, 4) is 0 Å². The van der Waals surface area contributed by atoms with Crippen molar-refractivity contribution in [2.24, 2.45) is 0 Å². The van der Waals surface area contributed by atoms with Gasteiger partial charge in [0.2, 0.25) is 5.91 Å². The van der Waals surface area contributed by atoms with Crippen LogP contribution in [0.5, 0.6) is 0 Å². The first-order valence-electron chi connectivity index (χ1n) is 7.49. The summed E-state index contributed by atoms with van der Waals surface area (Å²) in [6, 6.07) is 0.437. The number of carbonyl (C=O) groups is 1. The van der Waals surface area contributed by atoms with E-state index in [9.17, 15) is 4.79 Å². The second-order valence-corrected chi connectivity index (χ2v) is 5.70. The predicted octanol–water partition coefficient (Wildman–Crippen LogP) is 1.07. The van der Waals surface area contributed by atoms with Crippen molar-refractivity contribution in [2.45, 2.75) is 45.1 Å². The van der Waals surface area contributed by atoms with Gasteiger partial charge in [0.1, 0.15) is 0 Å². The second-order valence-electron chi connectivity index (χ2n) is 5.70. The van der Waals surface area contributed by atoms with Gasteiger partial charge in [-0.1, -0.05) is 6.42 Å². The fourth-order valence-electron chi connectivity index (χ4n) is 2.96. The zero-order valence-corrected chi connectivity index (χ0v) is 11.7. The summed E-state index contributed by atoms with van der Waals surface area (Å²) in [5.74, 6) is 0.325. The standard InChI is InChI=1S/C14H27N3O/c1-13-12-17(14(18)6-7-15-13)11-5-10-16-8-3-2-4-9-16/h13,15H,2-12H2,1H3. The van der Waals surface area contributed by atoms with E-state index in [4.69, 9.17) is 0 Å². The van der Waals surface area contributed by atoms with Crippen LogP contribution in [-0.4, -0.2) is 61.0 Å². The lowest BCUT2D eigenvalue weighted by molar-refractivity contribution is -0.130. The monoisotopic (exact) mass is 253 g/mol. The maximum absolute atomic E-state index is 11.9. The SMILES string of the molecule is CC1CN(CCCN2CCCCC2)C(=O)CCN1. The summed E-state index contributed by atoms with van der Waals surface area (Å²) in [6.07, 6.45) is 5.88. The first-order chi connectivity index (χ1) is 8.75. The van der Waals surface area contributed by atoms with Gasteiger partial charge in [-0.2, -0.15) is 0 Å². The molecule has 4 nitrogen and oxygen atoms in total. The molecule has 1 N–H and O–H groups in total. The normalized spacial score (nSPS) is 27.3. The molecular weight excluding hydrogens is 226 g/mol. The zero-order valence-electron chi connectivity index (χ0n) is 11.7. The van der Waals surface area contributed by atoms with Crippen LogP contribution in [0.2, 0.25) is 0 Å². The fourth-order valence-corrected chi connectivity index (χ4v) is 2.96. The highest BCUT2D eigenvalue weighted by Gasteiger charge is 2.20. The molecule has 0 saturated carbocycles. The van der Waals surface area contributed by atoms with E-state index in [2.05, 4.69) is 22.0 Å². The Morgan fingerprint density at radius 1 is 1.22 bits per heavy atom. The van der Waals surface area contributed by atoms with Gasteiger partial charge in [-0.05, 0) is 45.8 Å². The highest BCUT2D eigenvalue weighted by Crippen LogP contribution is 2.09. The van der Waals surface area contributed by atoms with Crippen LogP contribution >= 0.6 is 0 Å². The Labute approximate surface area is 111 Å². The van der Waals surface area contributed by atoms with Gasteiger partial charge in [0.05, 0.1) is 0 Å². The average molecular weight is 253 g/mol. The van der Waals surface area contributed by atoms with Crippen molar-refractivity contribution < 1.29 is 4.79 Å². The molecule has 2 aliphatic rings. The van der Waals surface area contributed by atoms with Crippen LogP contribution in [0.25, 0.3) is 0 Å². The Morgan fingerprint density at radius 3 is 2.78 bits per heavy atom. The van der Waals surface area contributed by atoms with Crippen LogP contribution in [0.3, 0.4) is 0 Å². The van der Waals surface area contributed by atoms with E-state index in [0.29, 0.717) is 18.4 Å². The summed E-state index contributed by atoms with van der Waals surface area (Å²) in [5, 5.41) is 3.37. The molecule has 1 amide bonds. The maximum atomic E-state index is 11.9. The second kappa shape index (κ2) is 7.10. The molecule has 2 rings (SSSR count). The molecule has 0 radical (unpaired) electrons. The fraction of sp³-hybridized carbons (Fsp3) is 0.929. The predicted molar refractivity (Wildman–Crippen MR) is 73.6 cm³/mol. The Hall–Kier alpha value is -0.610. The molecule has 1 unspecified atom stereocenters. The Balaban J connectivity index is 1.69. The third-order valence-corrected chi connectivity index (χ3v) is 4.03. The van der Waals surface area contributed by atoms with Crippen molar-refractivity contribution in [1.82, 2.24) is 15.1 Å². The molecule has 1 atom stereocenters. The van der Waals surface area contributed by atoms with Gasteiger partial charge in [-0.15, -0.1) is 0 Å². The molecule has 104 valence electrons. The van der Waals surface area contributed by atoms with Crippen LogP contribution < -0.4 is 5.32 Å². The summed E-state index contributed by atoms with van der Waals surface area (Å²) in [6.45, 7) is 8.47. The van der Waals surface area contributed by atoms with Gasteiger partial charge in [0, 0.05) is 32.1 Å². The first-order valence-corrected chi connectivity index (χ1v) is 7.49. The van der Waals surface area contributed by atoms with Crippen molar-refractivity contribution in [1.29, 1.82) is 0 Å². The number of hydrogen-bond acceptors (Lipinski definition) is 3. The van der Waals surface area contributed by atoms with Crippen LogP contribution in [0.4, 0.5) is 0 Å². The summed E-state index contributed by atoms with van der Waals surface area (Å²) in [7, 11) is 0. The van der Waals surface area contributed by atoms with E-state index < -0.39 is 0 Å². The molecule has 18 heavy (non-hydrogen) atoms. The van der Waals surface area contributed by atoms with Crippen LogP contribution in [0, 0.1) is 0 Å². The van der Waals surface area contributed by atoms with Gasteiger partial charge >= 0.3 is 0 Å². The topological polar surface area (TPSA) is 35.6 Å². The summed E-state index contributed by atoms with van der Waals surface area (Å²) < 4.78 is 0. The van der Waals surface area contributed by atoms with Crippen molar-refractivity contribution >= 4 is 5.91 Å². The minimum absolute atomic E-state index is 0.325. The van der Waals surface area contributed by atoms with Crippen LogP contribution in [0.1, 0.15) is 39.0 Å². The summed E-state index contributed by atoms with van der Waals surface area (Å²) >= 11 is 0. The number of nitrogens with zero attached hydrogens (tertiary/aromatic N) is 2. The molecule has 0 aromatic heterocycles. The van der Waals surface area contributed by atoms with Gasteiger partial charge < -0.3 is 15.1 Å². The molecule has 4 heteroatoms. The van der Waals surface area contributed by atoms with Gasteiger partial charge in [0.15, 0.2) is 0 Å². The van der Waals surface area contributed by atoms with E-state index in [-0.39, 0.29) is 0 Å². The minimum Gasteiger partial charge on any atom is -0.341 e. The van der Waals surface area contributed by atoms with Gasteiger partial charge in [0.25, 0.3) is 0 Å². The molecule has 2 saturated heterocycles. The number of carbonyl (C=O) groups excluding carboxylic acids is 1. The first kappa shape index (κ1) is 13.8. The summed E-state index contributed by atoms with van der Waals surface area (Å²) in [5.41, 5.74) is 0. The molecule has 0 bridgehead atoms. The highest BCUT2D eigenvalue weighted by molar-refractivity contribution is 5.76. The number of rotatable bonds is 4. The Kier molecular flexibility index (Phi) is 5.45. The van der Waals surface area contributed by atoms with E-state index in [1.807, 2.05) is 0 Å². The third kappa shape index (κ3) is 4.25. The lowest BCUT2D eigenvalue weighted by Gasteiger charge is -2.28. The number of hydrogen-bond donors (Lipinski definition) is 1. The molecule has 2 aliphatic heterocycles. The van der Waals surface area contributed by atoms with Crippen LogP contribution in [0.15, 0.2) is 0 Å². The Morgan fingerprint density at radius 2 is 2.00 bits per heavy atom. The summed E-state index contributed by atoms with van der Waals surface area (Å²) in [4.78, 5) is 16.5. The largest absolute Gasteiger partial charge is 0.341 e. The van der Waals surface area contributed by atoms with E-state index in [1.165, 1.54) is 32.4 Å². The highest BCUT2D eigenvalue weighted by atomic mass is 16.2. The zero-order chi connectivity index (χ0) is 12.8. The van der Waals surface area contributed by atoms with E-state index in [0.717, 1.165) is 32.6 Å². The number of amides is 1. The number of piperidine rings is 1. The van der Waals surface area contributed by atoms with Gasteiger partial charge in [-0.25, -0.2) is 0 Å². The maximum Gasteiger partial charge on any atom is 0.223 e. The number of likely N-dealkylation sites (tertiary alicyclic amines) is 1. The minimum atomic E-state index is 0.325. The third-order valence-electron chi connectivity index (χ3n) is 4.03. The van der Waals surface area contributed by atoms with Gasteiger partial charge in [-0.3, -0.25) is 4.79 Å². The molecular formula is C14H27N3O. The number of nitrogens with one attached hydrogen (secondary N) is 1. The average Bonchev–Trinajstić information content (AvgIpc) is 2.53. The van der Waals surface area contributed by atoms with Crippen LogP contribution in [-0.2, 0) is 4.79 Å². The lowest BCUT2D eigenvalue weighted by atomic mass is 10.1. The molecule has 2 heterocycles. The molecule has 0 aliphatic carbocycles. The van der Waals surface area contributed by atoms with Crippen molar-refractivity contribution in [3.63, 3.8) is 0 Å². The molecule has 0 spiro atoms. The Bertz CT molecular complexity index is 264. The lowest BCUT2D eigenvalue weighted by Crippen LogP contribution is -2.39. The molecule has 0 aromatic carbocycles. The van der Waals surface area contributed by atoms with E-state index in [1.54, 1.807) is 0 Å². The molecule has 2 fully saturated rings. The van der Waals surface area contributed by atoms with E-state index >= 15 is 0 Å². The van der Waals surface area contributed by atoms with Crippen molar-refractivity contribution in [2.75, 3.05) is 39.3 Å².